The molecular weight excluding hydrogens is 414 g/mol. The first-order valence-electron chi connectivity index (χ1n) is 8.48. The van der Waals surface area contributed by atoms with Crippen LogP contribution in [-0.2, 0) is 4.79 Å². The Hall–Kier alpha value is -2.74. The second kappa shape index (κ2) is 8.77. The number of primary amides is 1. The quantitative estimate of drug-likeness (QED) is 0.650. The van der Waals surface area contributed by atoms with E-state index in [1.54, 1.807) is 0 Å². The van der Waals surface area contributed by atoms with Crippen LogP contribution >= 0.6 is 15.9 Å². The third-order valence-electron chi connectivity index (χ3n) is 4.05. The zero-order valence-electron chi connectivity index (χ0n) is 14.5. The first-order chi connectivity index (χ1) is 13.0. The highest BCUT2D eigenvalue weighted by Gasteiger charge is 2.22. The van der Waals surface area contributed by atoms with Crippen LogP contribution < -0.4 is 25.8 Å². The molecule has 7 nitrogen and oxygen atoms in total. The summed E-state index contributed by atoms with van der Waals surface area (Å²) in [5.41, 5.74) is 6.03. The van der Waals surface area contributed by atoms with Gasteiger partial charge in [-0.1, -0.05) is 40.2 Å². The van der Waals surface area contributed by atoms with Gasteiger partial charge >= 0.3 is 6.03 Å². The number of amides is 3. The normalized spacial score (nSPS) is 16.3. The minimum absolute atomic E-state index is 0.0591. The van der Waals surface area contributed by atoms with Gasteiger partial charge in [0.25, 0.3) is 0 Å². The number of nitrogens with one attached hydrogen (secondary N) is 2. The number of carbonyl (C=O) groups excluding carboxylic acids is 2. The molecule has 2 aromatic rings. The fourth-order valence-corrected chi connectivity index (χ4v) is 3.21. The zero-order valence-corrected chi connectivity index (χ0v) is 16.1. The Morgan fingerprint density at radius 2 is 1.96 bits per heavy atom. The number of urea groups is 1. The molecule has 0 aliphatic carbocycles. The molecule has 0 radical (unpaired) electrons. The maximum atomic E-state index is 12.4. The highest BCUT2D eigenvalue weighted by molar-refractivity contribution is 9.10. The Kier molecular flexibility index (Phi) is 6.18. The van der Waals surface area contributed by atoms with Crippen LogP contribution in [0.2, 0.25) is 0 Å². The standard InChI is InChI=1S/C19H20BrN3O4/c20-13-5-3-4-12(8-13)15(23-19(21)25)9-18(24)22-10-14-11-26-16-6-1-2-7-17(16)27-14/h1-8,14-15H,9-11H2,(H,22,24)(H3,21,23,25). The van der Waals surface area contributed by atoms with Crippen LogP contribution in [0.25, 0.3) is 0 Å². The Labute approximate surface area is 165 Å². The Morgan fingerprint density at radius 1 is 1.19 bits per heavy atom. The van der Waals surface area contributed by atoms with Crippen molar-refractivity contribution in [2.45, 2.75) is 18.6 Å². The zero-order chi connectivity index (χ0) is 19.2. The summed E-state index contributed by atoms with van der Waals surface area (Å²) in [5, 5.41) is 5.43. The summed E-state index contributed by atoms with van der Waals surface area (Å²) >= 11 is 3.38. The number of nitrogens with two attached hydrogens (primary N) is 1. The van der Waals surface area contributed by atoms with E-state index in [1.807, 2.05) is 48.5 Å². The van der Waals surface area contributed by atoms with Gasteiger partial charge in [-0.15, -0.1) is 0 Å². The molecule has 8 heteroatoms. The molecule has 1 aliphatic rings. The molecule has 3 amide bonds. The van der Waals surface area contributed by atoms with Gasteiger partial charge in [0.05, 0.1) is 19.0 Å². The van der Waals surface area contributed by atoms with Crippen molar-refractivity contribution in [1.82, 2.24) is 10.6 Å². The molecule has 3 rings (SSSR count). The summed E-state index contributed by atoms with van der Waals surface area (Å²) < 4.78 is 12.3. The molecule has 0 aromatic heterocycles. The van der Waals surface area contributed by atoms with Crippen molar-refractivity contribution in [3.05, 3.63) is 58.6 Å². The van der Waals surface area contributed by atoms with E-state index in [1.165, 1.54) is 0 Å². The lowest BCUT2D eigenvalue weighted by atomic mass is 10.0. The lowest BCUT2D eigenvalue weighted by Crippen LogP contribution is -2.42. The molecule has 27 heavy (non-hydrogen) atoms. The Balaban J connectivity index is 1.56. The van der Waals surface area contributed by atoms with Gasteiger partial charge in [-0.05, 0) is 29.8 Å². The number of hydrogen-bond donors (Lipinski definition) is 3. The SMILES string of the molecule is NC(=O)NC(CC(=O)NCC1COc2ccccc2O1)c1cccc(Br)c1. The number of benzene rings is 2. The number of halogens is 1. The van der Waals surface area contributed by atoms with Crippen molar-refractivity contribution in [3.8, 4) is 11.5 Å². The molecule has 0 bridgehead atoms. The Bertz CT molecular complexity index is 830. The highest BCUT2D eigenvalue weighted by Crippen LogP contribution is 2.30. The van der Waals surface area contributed by atoms with Crippen LogP contribution in [0.5, 0.6) is 11.5 Å². The van der Waals surface area contributed by atoms with Crippen molar-refractivity contribution in [2.24, 2.45) is 5.73 Å². The van der Waals surface area contributed by atoms with Crippen molar-refractivity contribution in [1.29, 1.82) is 0 Å². The summed E-state index contributed by atoms with van der Waals surface area (Å²) in [7, 11) is 0. The molecule has 0 saturated carbocycles. The van der Waals surface area contributed by atoms with E-state index in [0.29, 0.717) is 24.7 Å². The monoisotopic (exact) mass is 433 g/mol. The van der Waals surface area contributed by atoms with Gasteiger partial charge in [-0.3, -0.25) is 4.79 Å². The third kappa shape index (κ3) is 5.37. The van der Waals surface area contributed by atoms with Crippen molar-refractivity contribution in [3.63, 3.8) is 0 Å². The minimum atomic E-state index is -0.687. The third-order valence-corrected chi connectivity index (χ3v) is 4.54. The molecule has 0 fully saturated rings. The summed E-state index contributed by atoms with van der Waals surface area (Å²) in [6, 6.07) is 13.5. The van der Waals surface area contributed by atoms with E-state index in [9.17, 15) is 9.59 Å². The molecule has 0 saturated heterocycles. The van der Waals surface area contributed by atoms with Gasteiger partial charge in [-0.2, -0.15) is 0 Å². The number of rotatable bonds is 6. The first-order valence-corrected chi connectivity index (χ1v) is 9.27. The first kappa shape index (κ1) is 19.0. The van der Waals surface area contributed by atoms with Crippen LogP contribution in [-0.4, -0.2) is 31.2 Å². The molecule has 4 N–H and O–H groups in total. The van der Waals surface area contributed by atoms with Gasteiger partial charge in [0.15, 0.2) is 11.5 Å². The number of ether oxygens (including phenoxy) is 2. The van der Waals surface area contributed by atoms with Gasteiger partial charge in [-0.25, -0.2) is 4.79 Å². The van der Waals surface area contributed by atoms with Gasteiger partial charge in [0, 0.05) is 4.47 Å². The molecule has 1 aliphatic heterocycles. The van der Waals surface area contributed by atoms with Gasteiger partial charge < -0.3 is 25.8 Å². The molecular formula is C19H20BrN3O4. The molecule has 2 aromatic carbocycles. The topological polar surface area (TPSA) is 103 Å². The number of carbonyl (C=O) groups is 2. The summed E-state index contributed by atoms with van der Waals surface area (Å²) in [6.45, 7) is 0.654. The number of fused-ring (bicyclic) bond motifs is 1. The van der Waals surface area contributed by atoms with E-state index >= 15 is 0 Å². The lowest BCUT2D eigenvalue weighted by Gasteiger charge is -2.26. The molecule has 2 unspecified atom stereocenters. The number of hydrogen-bond acceptors (Lipinski definition) is 4. The number of para-hydroxylation sites is 2. The van der Waals surface area contributed by atoms with Crippen LogP contribution in [0.3, 0.4) is 0 Å². The maximum Gasteiger partial charge on any atom is 0.312 e. The second-order valence-electron chi connectivity index (χ2n) is 6.12. The van der Waals surface area contributed by atoms with E-state index in [-0.39, 0.29) is 18.4 Å². The van der Waals surface area contributed by atoms with Crippen molar-refractivity contribution < 1.29 is 19.1 Å². The highest BCUT2D eigenvalue weighted by atomic mass is 79.9. The van der Waals surface area contributed by atoms with E-state index < -0.39 is 12.1 Å². The maximum absolute atomic E-state index is 12.4. The van der Waals surface area contributed by atoms with Crippen LogP contribution in [0.1, 0.15) is 18.0 Å². The van der Waals surface area contributed by atoms with E-state index in [2.05, 4.69) is 26.6 Å². The Morgan fingerprint density at radius 3 is 2.70 bits per heavy atom. The van der Waals surface area contributed by atoms with Gasteiger partial charge in [0.2, 0.25) is 5.91 Å². The largest absolute Gasteiger partial charge is 0.486 e. The lowest BCUT2D eigenvalue weighted by molar-refractivity contribution is -0.122. The smallest absolute Gasteiger partial charge is 0.312 e. The molecule has 0 spiro atoms. The fourth-order valence-electron chi connectivity index (χ4n) is 2.80. The summed E-state index contributed by atoms with van der Waals surface area (Å²) in [4.78, 5) is 23.7. The van der Waals surface area contributed by atoms with Crippen LogP contribution in [0.4, 0.5) is 4.79 Å². The second-order valence-corrected chi connectivity index (χ2v) is 7.04. The van der Waals surface area contributed by atoms with E-state index in [4.69, 9.17) is 15.2 Å². The average Bonchev–Trinajstić information content (AvgIpc) is 2.65. The summed E-state index contributed by atoms with van der Waals surface area (Å²) in [5.74, 6) is 1.13. The fraction of sp³-hybridized carbons (Fsp3) is 0.263. The van der Waals surface area contributed by atoms with Crippen LogP contribution in [0.15, 0.2) is 53.0 Å². The molecule has 2 atom stereocenters. The predicted molar refractivity (Wildman–Crippen MR) is 104 cm³/mol. The average molecular weight is 434 g/mol. The van der Waals surface area contributed by atoms with Crippen LogP contribution in [0, 0.1) is 0 Å². The van der Waals surface area contributed by atoms with Gasteiger partial charge in [0.1, 0.15) is 12.7 Å². The van der Waals surface area contributed by atoms with Crippen molar-refractivity contribution >= 4 is 27.9 Å². The molecule has 142 valence electrons. The van der Waals surface area contributed by atoms with E-state index in [0.717, 1.165) is 10.0 Å². The molecule has 1 heterocycles. The van der Waals surface area contributed by atoms with Crippen molar-refractivity contribution in [2.75, 3.05) is 13.2 Å². The predicted octanol–water partition coefficient (Wildman–Crippen LogP) is 2.50. The summed E-state index contributed by atoms with van der Waals surface area (Å²) in [6.07, 6.45) is -0.221. The minimum Gasteiger partial charge on any atom is -0.486 e.